The van der Waals surface area contributed by atoms with E-state index in [4.69, 9.17) is 0 Å². The van der Waals surface area contributed by atoms with E-state index < -0.39 is 21.5 Å². The van der Waals surface area contributed by atoms with Crippen LogP contribution in [0.3, 0.4) is 0 Å². The van der Waals surface area contributed by atoms with E-state index in [2.05, 4.69) is 5.10 Å². The number of benzene rings is 2. The molecule has 0 radical (unpaired) electrons. The standard InChI is InChI=1S/C21H19F2N3O3S/c1-25(13-6-9-15(10-7-13)30(2,28)29)21(27)20-16-4-3-5-19(16)26(24-20)14-8-11-17(22)18(23)12-14/h6-12H,3-5H2,1-2H3. The van der Waals surface area contributed by atoms with Gasteiger partial charge in [0.05, 0.1) is 10.6 Å². The summed E-state index contributed by atoms with van der Waals surface area (Å²) in [7, 11) is -1.76. The summed E-state index contributed by atoms with van der Waals surface area (Å²) in [4.78, 5) is 14.7. The summed E-state index contributed by atoms with van der Waals surface area (Å²) in [6, 6.07) is 9.51. The lowest BCUT2D eigenvalue weighted by molar-refractivity contribution is 0.0987. The van der Waals surface area contributed by atoms with Crippen molar-refractivity contribution in [2.45, 2.75) is 24.2 Å². The molecule has 0 bridgehead atoms. The van der Waals surface area contributed by atoms with Gasteiger partial charge in [0.2, 0.25) is 0 Å². The molecule has 0 N–H and O–H groups in total. The van der Waals surface area contributed by atoms with Crippen molar-refractivity contribution in [3.63, 3.8) is 0 Å². The Balaban J connectivity index is 1.70. The molecule has 1 aromatic heterocycles. The number of rotatable bonds is 4. The fourth-order valence-electron chi connectivity index (χ4n) is 3.63. The predicted octanol–water partition coefficient (Wildman–Crippen LogP) is 3.32. The van der Waals surface area contributed by atoms with Crippen LogP contribution in [-0.4, -0.2) is 37.4 Å². The molecule has 30 heavy (non-hydrogen) atoms. The molecule has 1 amide bonds. The van der Waals surface area contributed by atoms with Gasteiger partial charge in [0.15, 0.2) is 27.2 Å². The van der Waals surface area contributed by atoms with Gasteiger partial charge in [-0.3, -0.25) is 4.79 Å². The first-order chi connectivity index (χ1) is 14.2. The highest BCUT2D eigenvalue weighted by Crippen LogP contribution is 2.30. The topological polar surface area (TPSA) is 72.3 Å². The first-order valence-electron chi connectivity index (χ1n) is 9.31. The zero-order valence-electron chi connectivity index (χ0n) is 16.4. The van der Waals surface area contributed by atoms with Crippen LogP contribution in [0.1, 0.15) is 28.2 Å². The van der Waals surface area contributed by atoms with Crippen molar-refractivity contribution in [1.82, 2.24) is 9.78 Å². The maximum Gasteiger partial charge on any atom is 0.278 e. The number of hydrogen-bond acceptors (Lipinski definition) is 4. The molecule has 1 heterocycles. The van der Waals surface area contributed by atoms with Crippen molar-refractivity contribution < 1.29 is 22.0 Å². The first-order valence-corrected chi connectivity index (χ1v) is 11.2. The molecule has 3 aromatic rings. The quantitative estimate of drug-likeness (QED) is 0.635. The monoisotopic (exact) mass is 431 g/mol. The van der Waals surface area contributed by atoms with Crippen molar-refractivity contribution in [3.05, 3.63) is 71.1 Å². The van der Waals surface area contributed by atoms with Crippen LogP contribution in [-0.2, 0) is 22.7 Å². The fourth-order valence-corrected chi connectivity index (χ4v) is 4.26. The lowest BCUT2D eigenvalue weighted by atomic mass is 10.1. The molecule has 1 aliphatic rings. The third-order valence-corrected chi connectivity index (χ3v) is 6.37. The number of carbonyl (C=O) groups excluding carboxylic acids is 1. The Morgan fingerprint density at radius 2 is 1.77 bits per heavy atom. The van der Waals surface area contributed by atoms with Gasteiger partial charge in [-0.2, -0.15) is 5.10 Å². The minimum atomic E-state index is -3.34. The number of amides is 1. The zero-order chi connectivity index (χ0) is 21.6. The molecule has 4 rings (SSSR count). The lowest BCUT2D eigenvalue weighted by Crippen LogP contribution is -2.27. The molecule has 0 saturated carbocycles. The van der Waals surface area contributed by atoms with Gasteiger partial charge < -0.3 is 4.90 Å². The zero-order valence-corrected chi connectivity index (χ0v) is 17.2. The van der Waals surface area contributed by atoms with Crippen molar-refractivity contribution in [2.75, 3.05) is 18.2 Å². The molecular formula is C21H19F2N3O3S. The van der Waals surface area contributed by atoms with E-state index in [0.29, 0.717) is 24.2 Å². The van der Waals surface area contributed by atoms with Crippen LogP contribution in [0.25, 0.3) is 5.69 Å². The number of hydrogen-bond donors (Lipinski definition) is 0. The highest BCUT2D eigenvalue weighted by atomic mass is 32.2. The van der Waals surface area contributed by atoms with E-state index in [0.717, 1.165) is 36.1 Å². The second-order valence-electron chi connectivity index (χ2n) is 7.27. The molecule has 0 saturated heterocycles. The molecule has 0 spiro atoms. The number of nitrogens with zero attached hydrogens (tertiary/aromatic N) is 3. The molecule has 6 nitrogen and oxygen atoms in total. The molecule has 0 unspecified atom stereocenters. The van der Waals surface area contributed by atoms with E-state index >= 15 is 0 Å². The van der Waals surface area contributed by atoms with Crippen LogP contribution in [0.4, 0.5) is 14.5 Å². The van der Waals surface area contributed by atoms with Crippen LogP contribution in [0.5, 0.6) is 0 Å². The van der Waals surface area contributed by atoms with E-state index in [1.165, 1.54) is 27.8 Å². The SMILES string of the molecule is CN(C(=O)c1nn(-c2ccc(F)c(F)c2)c2c1CCC2)c1ccc(S(C)(=O)=O)cc1. The number of sulfone groups is 1. The van der Waals surface area contributed by atoms with Crippen LogP contribution < -0.4 is 4.90 Å². The lowest BCUT2D eigenvalue weighted by Gasteiger charge is -2.17. The average molecular weight is 431 g/mol. The Bertz CT molecular complexity index is 1250. The summed E-state index contributed by atoms with van der Waals surface area (Å²) in [5, 5.41) is 4.42. The number of anilines is 1. The van der Waals surface area contributed by atoms with Gasteiger partial charge in [-0.15, -0.1) is 0 Å². The van der Waals surface area contributed by atoms with Gasteiger partial charge >= 0.3 is 0 Å². The van der Waals surface area contributed by atoms with E-state index in [-0.39, 0.29) is 16.5 Å². The minimum absolute atomic E-state index is 0.163. The normalized spacial score (nSPS) is 13.3. The van der Waals surface area contributed by atoms with Crippen LogP contribution >= 0.6 is 0 Å². The van der Waals surface area contributed by atoms with E-state index in [1.54, 1.807) is 19.2 Å². The van der Waals surface area contributed by atoms with Gasteiger partial charge in [-0.1, -0.05) is 0 Å². The van der Waals surface area contributed by atoms with Crippen molar-refractivity contribution in [2.24, 2.45) is 0 Å². The number of aromatic nitrogens is 2. The molecule has 1 aliphatic carbocycles. The summed E-state index contributed by atoms with van der Waals surface area (Å²) in [5.41, 5.74) is 2.73. The molecule has 0 aliphatic heterocycles. The summed E-state index contributed by atoms with van der Waals surface area (Å²) >= 11 is 0. The number of fused-ring (bicyclic) bond motifs is 1. The van der Waals surface area contributed by atoms with Crippen molar-refractivity contribution in [3.8, 4) is 5.69 Å². The van der Waals surface area contributed by atoms with Crippen LogP contribution in [0, 0.1) is 11.6 Å². The van der Waals surface area contributed by atoms with Crippen LogP contribution in [0.2, 0.25) is 0 Å². The maximum atomic E-state index is 13.7. The second kappa shape index (κ2) is 7.32. The molecule has 9 heteroatoms. The van der Waals surface area contributed by atoms with Gasteiger partial charge in [-0.25, -0.2) is 21.9 Å². The average Bonchev–Trinajstić information content (AvgIpc) is 3.31. The van der Waals surface area contributed by atoms with Gasteiger partial charge in [0.25, 0.3) is 5.91 Å². The van der Waals surface area contributed by atoms with E-state index in [1.807, 2.05) is 0 Å². The first kappa shape index (κ1) is 20.2. The Labute approximate surface area is 172 Å². The van der Waals surface area contributed by atoms with E-state index in [9.17, 15) is 22.0 Å². The molecule has 2 aromatic carbocycles. The largest absolute Gasteiger partial charge is 0.310 e. The van der Waals surface area contributed by atoms with Crippen molar-refractivity contribution >= 4 is 21.4 Å². The summed E-state index contributed by atoms with van der Waals surface area (Å²) in [6.45, 7) is 0. The van der Waals surface area contributed by atoms with Crippen molar-refractivity contribution in [1.29, 1.82) is 0 Å². The summed E-state index contributed by atoms with van der Waals surface area (Å²) in [5.74, 6) is -2.29. The van der Waals surface area contributed by atoms with Gasteiger partial charge in [0, 0.05) is 36.3 Å². The molecule has 156 valence electrons. The Kier molecular flexibility index (Phi) is 4.93. The highest BCUT2D eigenvalue weighted by Gasteiger charge is 2.29. The number of carbonyl (C=O) groups is 1. The summed E-state index contributed by atoms with van der Waals surface area (Å²) in [6.07, 6.45) is 3.30. The predicted molar refractivity (Wildman–Crippen MR) is 108 cm³/mol. The molecule has 0 atom stereocenters. The number of halogens is 2. The second-order valence-corrected chi connectivity index (χ2v) is 9.28. The molecule has 0 fully saturated rings. The summed E-state index contributed by atoms with van der Waals surface area (Å²) < 4.78 is 51.8. The molecular weight excluding hydrogens is 412 g/mol. The minimum Gasteiger partial charge on any atom is -0.310 e. The van der Waals surface area contributed by atoms with Gasteiger partial charge in [0.1, 0.15) is 0 Å². The highest BCUT2D eigenvalue weighted by molar-refractivity contribution is 7.90. The third-order valence-electron chi connectivity index (χ3n) is 5.24. The Hall–Kier alpha value is -3.07. The van der Waals surface area contributed by atoms with Crippen LogP contribution in [0.15, 0.2) is 47.4 Å². The van der Waals surface area contributed by atoms with Gasteiger partial charge in [-0.05, 0) is 55.7 Å². The maximum absolute atomic E-state index is 13.7. The fraction of sp³-hybridized carbons (Fsp3) is 0.238. The Morgan fingerprint density at radius 3 is 2.40 bits per heavy atom. The third kappa shape index (κ3) is 3.49. The Morgan fingerprint density at radius 1 is 1.07 bits per heavy atom. The smallest absolute Gasteiger partial charge is 0.278 e.